The number of hydrogen-bond acceptors (Lipinski definition) is 8. The number of rotatable bonds is 6. The molecule has 1 aliphatic rings. The lowest BCUT2D eigenvalue weighted by Gasteiger charge is -2.23. The van der Waals surface area contributed by atoms with Crippen LogP contribution in [0.2, 0.25) is 0 Å². The van der Waals surface area contributed by atoms with Gasteiger partial charge in [-0.25, -0.2) is 9.79 Å². The molecule has 1 atom stereocenters. The summed E-state index contributed by atoms with van der Waals surface area (Å²) in [6, 6.07) is 3.59. The summed E-state index contributed by atoms with van der Waals surface area (Å²) in [5.41, 5.74) is 2.30. The van der Waals surface area contributed by atoms with Crippen molar-refractivity contribution >= 4 is 23.4 Å². The number of alkyl halides is 2. The maximum atomic E-state index is 13.6. The highest BCUT2D eigenvalue weighted by Crippen LogP contribution is 2.32. The van der Waals surface area contributed by atoms with E-state index in [1.165, 1.54) is 37.0 Å². The molecule has 184 valence electrons. The number of esters is 1. The summed E-state index contributed by atoms with van der Waals surface area (Å²) in [6.45, 7) is 0.536. The average Bonchev–Trinajstić information content (AvgIpc) is 3.31. The molecule has 0 aliphatic carbocycles. The maximum absolute atomic E-state index is 13.6. The first-order valence-electron chi connectivity index (χ1n) is 10.4. The van der Waals surface area contributed by atoms with E-state index < -0.39 is 18.6 Å². The Hall–Kier alpha value is -3.80. The minimum atomic E-state index is -3.00. The standard InChI is InChI=1S/C23H22F2N4O5S/c1-11-18(21(31)33-5)19(14-10-26-28(3)12(14)2)29-20(30)17(35-23(29)27-11)9-13-6-7-15(34-22(24)25)16(8-13)32-4/h6-10,19,22H,1-5H3. The molecule has 0 N–H and O–H groups in total. The number of carbonyl (C=O) groups excluding carboxylic acids is 1. The second-order valence-corrected chi connectivity index (χ2v) is 8.68. The van der Waals surface area contributed by atoms with Crippen LogP contribution in [0.15, 0.2) is 45.5 Å². The van der Waals surface area contributed by atoms with Crippen LogP contribution >= 0.6 is 11.3 Å². The summed E-state index contributed by atoms with van der Waals surface area (Å²) < 4.78 is 43.3. The van der Waals surface area contributed by atoms with Gasteiger partial charge in [0, 0.05) is 18.3 Å². The minimum Gasteiger partial charge on any atom is -0.493 e. The van der Waals surface area contributed by atoms with Gasteiger partial charge in [0.05, 0.1) is 36.2 Å². The van der Waals surface area contributed by atoms with E-state index in [0.717, 1.165) is 17.0 Å². The second-order valence-electron chi connectivity index (χ2n) is 7.67. The van der Waals surface area contributed by atoms with E-state index in [1.807, 2.05) is 6.92 Å². The van der Waals surface area contributed by atoms with Crippen molar-refractivity contribution in [1.29, 1.82) is 0 Å². The Morgan fingerprint density at radius 2 is 1.97 bits per heavy atom. The number of aromatic nitrogens is 3. The largest absolute Gasteiger partial charge is 0.493 e. The highest BCUT2D eigenvalue weighted by Gasteiger charge is 2.35. The second kappa shape index (κ2) is 9.45. The number of ether oxygens (including phenoxy) is 3. The summed E-state index contributed by atoms with van der Waals surface area (Å²) in [5, 5.41) is 4.27. The monoisotopic (exact) mass is 504 g/mol. The average molecular weight is 505 g/mol. The van der Waals surface area contributed by atoms with Crippen LogP contribution in [0.3, 0.4) is 0 Å². The number of nitrogens with zero attached hydrogens (tertiary/aromatic N) is 4. The maximum Gasteiger partial charge on any atom is 0.387 e. The highest BCUT2D eigenvalue weighted by atomic mass is 32.1. The third kappa shape index (κ3) is 4.36. The Kier molecular flexibility index (Phi) is 6.57. The van der Waals surface area contributed by atoms with Gasteiger partial charge in [0.2, 0.25) is 0 Å². The number of thiazole rings is 1. The Bertz CT molecular complexity index is 1520. The fourth-order valence-electron chi connectivity index (χ4n) is 3.89. The zero-order chi connectivity index (χ0) is 25.4. The van der Waals surface area contributed by atoms with Crippen LogP contribution in [0, 0.1) is 6.92 Å². The lowest BCUT2D eigenvalue weighted by Crippen LogP contribution is -2.40. The van der Waals surface area contributed by atoms with Gasteiger partial charge < -0.3 is 14.2 Å². The van der Waals surface area contributed by atoms with Gasteiger partial charge in [0.15, 0.2) is 16.3 Å². The number of allylic oxidation sites excluding steroid dienone is 1. The van der Waals surface area contributed by atoms with E-state index in [4.69, 9.17) is 9.47 Å². The zero-order valence-corrected chi connectivity index (χ0v) is 20.4. The first-order valence-corrected chi connectivity index (χ1v) is 11.2. The molecule has 0 fully saturated rings. The van der Waals surface area contributed by atoms with E-state index in [9.17, 15) is 18.4 Å². The van der Waals surface area contributed by atoms with Gasteiger partial charge in [-0.1, -0.05) is 17.4 Å². The van der Waals surface area contributed by atoms with Crippen molar-refractivity contribution in [2.24, 2.45) is 12.0 Å². The summed E-state index contributed by atoms with van der Waals surface area (Å²) >= 11 is 1.14. The topological polar surface area (TPSA) is 96.9 Å². The van der Waals surface area contributed by atoms with Gasteiger partial charge in [-0.05, 0) is 37.6 Å². The number of benzene rings is 1. The van der Waals surface area contributed by atoms with Crippen LogP contribution in [-0.4, -0.2) is 41.1 Å². The predicted molar refractivity (Wildman–Crippen MR) is 123 cm³/mol. The van der Waals surface area contributed by atoms with Crippen molar-refractivity contribution in [2.75, 3.05) is 14.2 Å². The quantitative estimate of drug-likeness (QED) is 0.477. The Balaban J connectivity index is 1.91. The molecular weight excluding hydrogens is 482 g/mol. The van der Waals surface area contributed by atoms with Crippen LogP contribution in [-0.2, 0) is 16.6 Å². The molecule has 12 heteroatoms. The van der Waals surface area contributed by atoms with E-state index in [2.05, 4.69) is 14.8 Å². The molecule has 1 unspecified atom stereocenters. The van der Waals surface area contributed by atoms with Gasteiger partial charge >= 0.3 is 12.6 Å². The van der Waals surface area contributed by atoms with Crippen LogP contribution in [0.1, 0.15) is 29.8 Å². The molecule has 0 saturated heterocycles. The van der Waals surface area contributed by atoms with Crippen molar-refractivity contribution < 1.29 is 27.8 Å². The summed E-state index contributed by atoms with van der Waals surface area (Å²) in [6.07, 6.45) is 3.22. The molecule has 3 aromatic rings. The molecule has 4 rings (SSSR count). The smallest absolute Gasteiger partial charge is 0.387 e. The van der Waals surface area contributed by atoms with Gasteiger partial charge in [0.1, 0.15) is 6.04 Å². The van der Waals surface area contributed by atoms with Gasteiger partial charge in [0.25, 0.3) is 5.56 Å². The molecule has 3 heterocycles. The molecule has 0 radical (unpaired) electrons. The lowest BCUT2D eigenvalue weighted by molar-refractivity contribution is -0.136. The van der Waals surface area contributed by atoms with E-state index in [-0.39, 0.29) is 22.6 Å². The Morgan fingerprint density at radius 1 is 1.23 bits per heavy atom. The summed E-state index contributed by atoms with van der Waals surface area (Å²) in [4.78, 5) is 31.2. The van der Waals surface area contributed by atoms with Crippen LogP contribution < -0.4 is 24.4 Å². The van der Waals surface area contributed by atoms with E-state index in [1.54, 1.807) is 30.9 Å². The van der Waals surface area contributed by atoms with Crippen molar-refractivity contribution in [3.63, 3.8) is 0 Å². The Morgan fingerprint density at radius 3 is 2.57 bits per heavy atom. The van der Waals surface area contributed by atoms with Crippen molar-refractivity contribution in [2.45, 2.75) is 26.5 Å². The van der Waals surface area contributed by atoms with Crippen LogP contribution in [0.25, 0.3) is 6.08 Å². The third-order valence-electron chi connectivity index (χ3n) is 5.70. The molecule has 9 nitrogen and oxygen atoms in total. The number of methoxy groups -OCH3 is 2. The Labute approximate surface area is 202 Å². The fraction of sp³-hybridized carbons (Fsp3) is 0.304. The molecule has 1 aliphatic heterocycles. The third-order valence-corrected chi connectivity index (χ3v) is 6.68. The highest BCUT2D eigenvalue weighted by molar-refractivity contribution is 7.07. The zero-order valence-electron chi connectivity index (χ0n) is 19.5. The summed E-state index contributed by atoms with van der Waals surface area (Å²) in [7, 11) is 4.38. The predicted octanol–water partition coefficient (Wildman–Crippen LogP) is 2.06. The first kappa shape index (κ1) is 24.3. The number of halogens is 2. The molecule has 0 amide bonds. The van der Waals surface area contributed by atoms with E-state index in [0.29, 0.717) is 26.2 Å². The van der Waals surface area contributed by atoms with Crippen molar-refractivity contribution in [3.8, 4) is 11.5 Å². The van der Waals surface area contributed by atoms with Gasteiger partial charge in [-0.2, -0.15) is 13.9 Å². The molecule has 1 aromatic carbocycles. The van der Waals surface area contributed by atoms with Crippen molar-refractivity contribution in [3.05, 3.63) is 72.2 Å². The number of carbonyl (C=O) groups is 1. The first-order chi connectivity index (χ1) is 16.7. The van der Waals surface area contributed by atoms with E-state index >= 15 is 0 Å². The molecule has 0 bridgehead atoms. The lowest BCUT2D eigenvalue weighted by atomic mass is 9.96. The molecular formula is C23H22F2N4O5S. The van der Waals surface area contributed by atoms with Gasteiger partial charge in [-0.3, -0.25) is 14.0 Å². The van der Waals surface area contributed by atoms with Crippen LogP contribution in [0.5, 0.6) is 11.5 Å². The minimum absolute atomic E-state index is 0.0968. The molecule has 35 heavy (non-hydrogen) atoms. The summed E-state index contributed by atoms with van der Waals surface area (Å²) in [5.74, 6) is -0.612. The molecule has 2 aromatic heterocycles. The molecule has 0 saturated carbocycles. The molecule has 0 spiro atoms. The number of fused-ring (bicyclic) bond motifs is 1. The number of aryl methyl sites for hydroxylation is 1. The fourth-order valence-corrected chi connectivity index (χ4v) is 4.94. The normalized spacial score (nSPS) is 15.8. The number of hydrogen-bond donors (Lipinski definition) is 0. The van der Waals surface area contributed by atoms with Gasteiger partial charge in [-0.15, -0.1) is 0 Å². The van der Waals surface area contributed by atoms with Crippen molar-refractivity contribution in [1.82, 2.24) is 14.3 Å². The SMILES string of the molecule is COC(=O)C1=C(C)N=c2sc(=Cc3ccc(OC(F)F)c(OC)c3)c(=O)n2C1c1cnn(C)c1C. The van der Waals surface area contributed by atoms with Crippen LogP contribution in [0.4, 0.5) is 8.78 Å².